The first-order valence-electron chi connectivity index (χ1n) is 6.54. The lowest BCUT2D eigenvalue weighted by atomic mass is 9.79. The van der Waals surface area contributed by atoms with E-state index in [0.717, 1.165) is 6.42 Å². The predicted molar refractivity (Wildman–Crippen MR) is 71.3 cm³/mol. The Balaban J connectivity index is 2.19. The fourth-order valence-electron chi connectivity index (χ4n) is 2.09. The van der Waals surface area contributed by atoms with Crippen molar-refractivity contribution in [3.05, 3.63) is 24.0 Å². The van der Waals surface area contributed by atoms with E-state index >= 15 is 0 Å². The number of Topliss-reactive ketones (excluding diaryl/α,β-unsaturated/α-hetero) is 1. The normalized spacial score (nSPS) is 26.4. The summed E-state index contributed by atoms with van der Waals surface area (Å²) in [6.07, 6.45) is 4.08. The second kappa shape index (κ2) is 5.67. The number of aromatic nitrogens is 1. The molecule has 2 rings (SSSR count). The van der Waals surface area contributed by atoms with Crippen molar-refractivity contribution in [3.63, 3.8) is 0 Å². The van der Waals surface area contributed by atoms with E-state index in [4.69, 9.17) is 15.2 Å². The van der Waals surface area contributed by atoms with Gasteiger partial charge in [0, 0.05) is 17.8 Å². The lowest BCUT2D eigenvalue weighted by Crippen LogP contribution is -2.44. The molecule has 0 saturated carbocycles. The molecule has 0 radical (unpaired) electrons. The van der Waals surface area contributed by atoms with Crippen molar-refractivity contribution in [2.75, 3.05) is 19.8 Å². The maximum atomic E-state index is 12.5. The molecule has 1 saturated heterocycles. The Morgan fingerprint density at radius 1 is 1.63 bits per heavy atom. The van der Waals surface area contributed by atoms with Gasteiger partial charge < -0.3 is 15.2 Å². The molecule has 2 unspecified atom stereocenters. The SMILES string of the molecule is CCCOc1cncc(C(=O)C2(C)COCC2N)c1. The van der Waals surface area contributed by atoms with Gasteiger partial charge in [-0.15, -0.1) is 0 Å². The van der Waals surface area contributed by atoms with Crippen molar-refractivity contribution >= 4 is 5.78 Å². The number of hydrogen-bond acceptors (Lipinski definition) is 5. The third-order valence-corrected chi connectivity index (χ3v) is 3.48. The van der Waals surface area contributed by atoms with E-state index in [1.54, 1.807) is 18.5 Å². The number of carbonyl (C=O) groups is 1. The average molecular weight is 264 g/mol. The Hall–Kier alpha value is -1.46. The van der Waals surface area contributed by atoms with E-state index in [0.29, 0.717) is 31.1 Å². The van der Waals surface area contributed by atoms with Crippen LogP contribution in [0.5, 0.6) is 5.75 Å². The largest absolute Gasteiger partial charge is 0.492 e. The van der Waals surface area contributed by atoms with E-state index in [1.807, 2.05) is 13.8 Å². The molecule has 1 aromatic heterocycles. The highest BCUT2D eigenvalue weighted by Gasteiger charge is 2.44. The average Bonchev–Trinajstić information content (AvgIpc) is 2.77. The van der Waals surface area contributed by atoms with Crippen molar-refractivity contribution in [2.24, 2.45) is 11.1 Å². The predicted octanol–water partition coefficient (Wildman–Crippen LogP) is 1.42. The Kier molecular flexibility index (Phi) is 4.17. The third kappa shape index (κ3) is 2.77. The fourth-order valence-corrected chi connectivity index (χ4v) is 2.09. The highest BCUT2D eigenvalue weighted by atomic mass is 16.5. The number of nitrogens with two attached hydrogens (primary N) is 1. The van der Waals surface area contributed by atoms with Crippen LogP contribution < -0.4 is 10.5 Å². The molecule has 0 aliphatic carbocycles. The van der Waals surface area contributed by atoms with Gasteiger partial charge in [0.2, 0.25) is 0 Å². The number of nitrogens with zero attached hydrogens (tertiary/aromatic N) is 1. The zero-order chi connectivity index (χ0) is 13.9. The maximum absolute atomic E-state index is 12.5. The Labute approximate surface area is 113 Å². The molecule has 19 heavy (non-hydrogen) atoms. The lowest BCUT2D eigenvalue weighted by Gasteiger charge is -2.25. The van der Waals surface area contributed by atoms with Crippen molar-refractivity contribution in [1.82, 2.24) is 4.98 Å². The number of carbonyl (C=O) groups excluding carboxylic acids is 1. The molecule has 5 heteroatoms. The van der Waals surface area contributed by atoms with Crippen molar-refractivity contribution in [3.8, 4) is 5.75 Å². The molecule has 1 fully saturated rings. The molecule has 2 heterocycles. The van der Waals surface area contributed by atoms with Crippen LogP contribution in [0.4, 0.5) is 0 Å². The van der Waals surface area contributed by atoms with Gasteiger partial charge in [-0.1, -0.05) is 6.92 Å². The zero-order valence-corrected chi connectivity index (χ0v) is 11.4. The second-order valence-corrected chi connectivity index (χ2v) is 5.13. The van der Waals surface area contributed by atoms with Crippen LogP contribution in [0.15, 0.2) is 18.5 Å². The number of rotatable bonds is 5. The summed E-state index contributed by atoms with van der Waals surface area (Å²) < 4.78 is 10.8. The summed E-state index contributed by atoms with van der Waals surface area (Å²) in [5.41, 5.74) is 5.82. The number of ether oxygens (including phenoxy) is 2. The van der Waals surface area contributed by atoms with E-state index in [-0.39, 0.29) is 11.8 Å². The molecular weight excluding hydrogens is 244 g/mol. The fraction of sp³-hybridized carbons (Fsp3) is 0.571. The Morgan fingerprint density at radius 2 is 2.42 bits per heavy atom. The highest BCUT2D eigenvalue weighted by molar-refractivity contribution is 6.01. The Bertz CT molecular complexity index is 464. The summed E-state index contributed by atoms with van der Waals surface area (Å²) in [6.45, 7) is 5.25. The van der Waals surface area contributed by atoms with Gasteiger partial charge in [0.1, 0.15) is 5.75 Å². The maximum Gasteiger partial charge on any atom is 0.174 e. The van der Waals surface area contributed by atoms with Crippen LogP contribution in [-0.2, 0) is 4.74 Å². The highest BCUT2D eigenvalue weighted by Crippen LogP contribution is 2.31. The molecule has 0 bridgehead atoms. The van der Waals surface area contributed by atoms with Crippen molar-refractivity contribution in [1.29, 1.82) is 0 Å². The van der Waals surface area contributed by atoms with Gasteiger partial charge in [-0.05, 0) is 19.4 Å². The van der Waals surface area contributed by atoms with Crippen LogP contribution in [0.3, 0.4) is 0 Å². The standard InChI is InChI=1S/C14H20N2O3/c1-3-4-19-11-5-10(6-16-7-11)13(17)14(2)9-18-8-12(14)15/h5-7,12H,3-4,8-9,15H2,1-2H3. The van der Waals surface area contributed by atoms with Crippen LogP contribution in [0, 0.1) is 5.41 Å². The summed E-state index contributed by atoms with van der Waals surface area (Å²) in [5.74, 6) is 0.579. The summed E-state index contributed by atoms with van der Waals surface area (Å²) in [4.78, 5) is 16.6. The molecular formula is C14H20N2O3. The van der Waals surface area contributed by atoms with Gasteiger partial charge in [-0.3, -0.25) is 9.78 Å². The smallest absolute Gasteiger partial charge is 0.174 e. The molecule has 0 spiro atoms. The summed E-state index contributed by atoms with van der Waals surface area (Å²) in [7, 11) is 0. The lowest BCUT2D eigenvalue weighted by molar-refractivity contribution is 0.0767. The van der Waals surface area contributed by atoms with Crippen LogP contribution in [0.25, 0.3) is 0 Å². The minimum absolute atomic E-state index is 0.0352. The molecule has 0 aromatic carbocycles. The molecule has 0 amide bonds. The molecule has 104 valence electrons. The Morgan fingerprint density at radius 3 is 3.05 bits per heavy atom. The molecule has 2 N–H and O–H groups in total. The second-order valence-electron chi connectivity index (χ2n) is 5.13. The van der Waals surface area contributed by atoms with Gasteiger partial charge >= 0.3 is 0 Å². The number of ketones is 1. The van der Waals surface area contributed by atoms with Crippen molar-refractivity contribution < 1.29 is 14.3 Å². The van der Waals surface area contributed by atoms with Crippen LogP contribution in [0.1, 0.15) is 30.6 Å². The van der Waals surface area contributed by atoms with E-state index < -0.39 is 5.41 Å². The minimum atomic E-state index is -0.676. The van der Waals surface area contributed by atoms with Gasteiger partial charge in [0.05, 0.1) is 31.4 Å². The van der Waals surface area contributed by atoms with Crippen molar-refractivity contribution in [2.45, 2.75) is 26.3 Å². The quantitative estimate of drug-likeness (QED) is 0.814. The van der Waals surface area contributed by atoms with Crippen LogP contribution in [-0.4, -0.2) is 36.6 Å². The summed E-state index contributed by atoms with van der Waals surface area (Å²) >= 11 is 0. The monoisotopic (exact) mass is 264 g/mol. The molecule has 1 aliphatic rings. The molecule has 2 atom stereocenters. The molecule has 1 aliphatic heterocycles. The van der Waals surface area contributed by atoms with Gasteiger partial charge in [-0.25, -0.2) is 0 Å². The van der Waals surface area contributed by atoms with E-state index in [1.165, 1.54) is 0 Å². The summed E-state index contributed by atoms with van der Waals surface area (Å²) in [5, 5.41) is 0. The number of hydrogen-bond donors (Lipinski definition) is 1. The van der Waals surface area contributed by atoms with Gasteiger partial charge in [-0.2, -0.15) is 0 Å². The topological polar surface area (TPSA) is 74.4 Å². The first-order chi connectivity index (χ1) is 9.08. The van der Waals surface area contributed by atoms with Crippen LogP contribution in [0.2, 0.25) is 0 Å². The third-order valence-electron chi connectivity index (χ3n) is 3.48. The number of pyridine rings is 1. The zero-order valence-electron chi connectivity index (χ0n) is 11.4. The van der Waals surface area contributed by atoms with E-state index in [9.17, 15) is 4.79 Å². The minimum Gasteiger partial charge on any atom is -0.492 e. The summed E-state index contributed by atoms with van der Waals surface area (Å²) in [6, 6.07) is 1.45. The van der Waals surface area contributed by atoms with E-state index in [2.05, 4.69) is 4.98 Å². The van der Waals surface area contributed by atoms with Gasteiger partial charge in [0.25, 0.3) is 0 Å². The molecule has 5 nitrogen and oxygen atoms in total. The van der Waals surface area contributed by atoms with Crippen LogP contribution >= 0.6 is 0 Å². The van der Waals surface area contributed by atoms with Gasteiger partial charge in [0.15, 0.2) is 5.78 Å². The first-order valence-corrected chi connectivity index (χ1v) is 6.54. The molecule has 1 aromatic rings. The first kappa shape index (κ1) is 14.0.